The van der Waals surface area contributed by atoms with Crippen LogP contribution in [0, 0.1) is 0 Å². The van der Waals surface area contributed by atoms with Gasteiger partial charge < -0.3 is 0 Å². The Hall–Kier alpha value is -0.520. The third kappa shape index (κ3) is 1.55. The quantitative estimate of drug-likeness (QED) is 0.775. The molecule has 0 amide bonds. The lowest BCUT2D eigenvalue weighted by atomic mass is 10.3. The summed E-state index contributed by atoms with van der Waals surface area (Å²) in [5, 5.41) is 1.34. The van der Waals surface area contributed by atoms with Gasteiger partial charge in [0, 0.05) is 9.37 Å². The van der Waals surface area contributed by atoms with Gasteiger partial charge in [0.1, 0.15) is 0 Å². The van der Waals surface area contributed by atoms with E-state index in [0.717, 1.165) is 21.3 Å². The smallest absolute Gasteiger partial charge is 0.161 e. The minimum Gasteiger partial charge on any atom is -0.300 e. The first-order valence-corrected chi connectivity index (χ1v) is 5.68. The van der Waals surface area contributed by atoms with Gasteiger partial charge in [-0.15, -0.1) is 0 Å². The lowest BCUT2D eigenvalue weighted by molar-refractivity contribution is -0.108. The number of hydrogen-bond acceptors (Lipinski definition) is 4. The van der Waals surface area contributed by atoms with Gasteiger partial charge in [0.25, 0.3) is 0 Å². The fourth-order valence-corrected chi connectivity index (χ4v) is 2.96. The number of carbonyl (C=O) groups excluding carboxylic acids is 1. The summed E-state index contributed by atoms with van der Waals surface area (Å²) < 4.78 is 1.01. The number of fused-ring (bicyclic) bond motifs is 1. The highest BCUT2D eigenvalue weighted by molar-refractivity contribution is 9.10. The molecule has 0 saturated carbocycles. The summed E-state index contributed by atoms with van der Waals surface area (Å²) in [5.74, 6) is 0. The highest BCUT2D eigenvalue weighted by Crippen LogP contribution is 2.43. The zero-order chi connectivity index (χ0) is 10.1. The maximum absolute atomic E-state index is 10.8. The van der Waals surface area contributed by atoms with E-state index in [2.05, 4.69) is 15.9 Å². The maximum atomic E-state index is 10.8. The molecule has 3 nitrogen and oxygen atoms in total. The van der Waals surface area contributed by atoms with Gasteiger partial charge in [-0.05, 0) is 18.2 Å². The van der Waals surface area contributed by atoms with E-state index in [1.165, 1.54) is 11.8 Å². The van der Waals surface area contributed by atoms with E-state index in [1.54, 1.807) is 12.2 Å². The van der Waals surface area contributed by atoms with E-state index in [-0.39, 0.29) is 5.37 Å². The topological polar surface area (TPSA) is 29.5 Å². The summed E-state index contributed by atoms with van der Waals surface area (Å²) >= 11 is 4.87. The van der Waals surface area contributed by atoms with Crippen LogP contribution in [0.4, 0.5) is 5.69 Å². The van der Waals surface area contributed by atoms with Crippen LogP contribution in [0.15, 0.2) is 27.6 Å². The molecule has 5 heteroatoms. The lowest BCUT2D eigenvalue weighted by Gasteiger charge is -2.18. The Balaban J connectivity index is 2.42. The molecule has 14 heavy (non-hydrogen) atoms. The molecule has 0 bridgehead atoms. The molecule has 0 radical (unpaired) electrons. The van der Waals surface area contributed by atoms with Crippen LogP contribution in [-0.4, -0.2) is 18.8 Å². The number of hydroxylamine groups is 1. The third-order valence-electron chi connectivity index (χ3n) is 1.95. The van der Waals surface area contributed by atoms with Crippen molar-refractivity contribution in [1.29, 1.82) is 0 Å². The molecule has 0 saturated heterocycles. The summed E-state index contributed by atoms with van der Waals surface area (Å²) in [6.45, 7) is 0. The first-order chi connectivity index (χ1) is 6.76. The summed E-state index contributed by atoms with van der Waals surface area (Å²) in [6, 6.07) is 5.84. The van der Waals surface area contributed by atoms with Crippen molar-refractivity contribution >= 4 is 39.7 Å². The van der Waals surface area contributed by atoms with Gasteiger partial charge in [0.15, 0.2) is 11.7 Å². The molecule has 1 aromatic rings. The molecular weight excluding hydrogens is 266 g/mol. The number of benzene rings is 1. The molecule has 1 aliphatic heterocycles. The van der Waals surface area contributed by atoms with Crippen molar-refractivity contribution in [1.82, 2.24) is 0 Å². The number of hydrogen-bond donors (Lipinski definition) is 0. The zero-order valence-corrected chi connectivity index (χ0v) is 9.84. The number of rotatable bonds is 2. The average molecular weight is 274 g/mol. The summed E-state index contributed by atoms with van der Waals surface area (Å²) in [7, 11) is 1.56. The maximum Gasteiger partial charge on any atom is 0.161 e. The summed E-state index contributed by atoms with van der Waals surface area (Å²) in [4.78, 5) is 17.0. The monoisotopic (exact) mass is 273 g/mol. The standard InChI is InChI=1S/C9H8BrNO2S/c1-13-11-7-3-2-6(10)4-8(7)14-9(11)5-12/h2-5,9H,1H3. The molecule has 0 fully saturated rings. The SMILES string of the molecule is CON1c2ccc(Br)cc2SC1C=O. The Morgan fingerprint density at radius 3 is 3.07 bits per heavy atom. The van der Waals surface area contributed by atoms with Crippen LogP contribution < -0.4 is 5.06 Å². The second-order valence-electron chi connectivity index (χ2n) is 2.76. The second kappa shape index (κ2) is 3.92. The largest absolute Gasteiger partial charge is 0.300 e. The van der Waals surface area contributed by atoms with Gasteiger partial charge in [0.05, 0.1) is 12.8 Å². The molecule has 1 unspecified atom stereocenters. The Morgan fingerprint density at radius 1 is 1.64 bits per heavy atom. The number of nitrogens with zero attached hydrogens (tertiary/aromatic N) is 1. The number of halogens is 1. The molecule has 0 N–H and O–H groups in total. The van der Waals surface area contributed by atoms with Gasteiger partial charge in [0.2, 0.25) is 0 Å². The predicted octanol–water partition coefficient (Wildman–Crippen LogP) is 2.45. The molecule has 1 aromatic carbocycles. The van der Waals surface area contributed by atoms with Crippen LogP contribution in [0.3, 0.4) is 0 Å². The van der Waals surface area contributed by atoms with Crippen molar-refractivity contribution < 1.29 is 9.63 Å². The highest BCUT2D eigenvalue weighted by Gasteiger charge is 2.30. The molecule has 2 rings (SSSR count). The van der Waals surface area contributed by atoms with E-state index < -0.39 is 0 Å². The fraction of sp³-hybridized carbons (Fsp3) is 0.222. The molecule has 0 aliphatic carbocycles. The van der Waals surface area contributed by atoms with Crippen molar-refractivity contribution in [2.45, 2.75) is 10.3 Å². The van der Waals surface area contributed by atoms with Crippen LogP contribution in [0.25, 0.3) is 0 Å². The van der Waals surface area contributed by atoms with E-state index in [0.29, 0.717) is 0 Å². The van der Waals surface area contributed by atoms with Gasteiger partial charge in [-0.1, -0.05) is 27.7 Å². The molecular formula is C9H8BrNO2S. The summed E-state index contributed by atoms with van der Waals surface area (Å²) in [5.41, 5.74) is 0.942. The van der Waals surface area contributed by atoms with Gasteiger partial charge in [-0.3, -0.25) is 9.63 Å². The van der Waals surface area contributed by atoms with Crippen molar-refractivity contribution in [3.05, 3.63) is 22.7 Å². The average Bonchev–Trinajstić information content (AvgIpc) is 2.54. The first kappa shape index (κ1) is 10.0. The molecule has 74 valence electrons. The molecule has 0 aromatic heterocycles. The highest BCUT2D eigenvalue weighted by atomic mass is 79.9. The second-order valence-corrected chi connectivity index (χ2v) is 4.84. The van der Waals surface area contributed by atoms with Gasteiger partial charge in [-0.25, -0.2) is 5.06 Å². The molecule has 1 aliphatic rings. The Labute approximate surface area is 94.5 Å². The van der Waals surface area contributed by atoms with E-state index in [9.17, 15) is 4.79 Å². The Bertz CT molecular complexity index is 372. The van der Waals surface area contributed by atoms with E-state index >= 15 is 0 Å². The van der Waals surface area contributed by atoms with Crippen LogP contribution in [0.2, 0.25) is 0 Å². The van der Waals surface area contributed by atoms with E-state index in [4.69, 9.17) is 4.84 Å². The minimum absolute atomic E-state index is 0.274. The van der Waals surface area contributed by atoms with Crippen LogP contribution in [0.1, 0.15) is 0 Å². The van der Waals surface area contributed by atoms with Crippen LogP contribution in [-0.2, 0) is 9.63 Å². The normalized spacial score (nSPS) is 19.6. The number of anilines is 1. The number of aldehydes is 1. The minimum atomic E-state index is -0.274. The zero-order valence-electron chi connectivity index (χ0n) is 7.44. The van der Waals surface area contributed by atoms with Gasteiger partial charge >= 0.3 is 0 Å². The molecule has 1 atom stereocenters. The Morgan fingerprint density at radius 2 is 2.43 bits per heavy atom. The van der Waals surface area contributed by atoms with Crippen molar-refractivity contribution in [2.24, 2.45) is 0 Å². The van der Waals surface area contributed by atoms with Crippen LogP contribution in [0.5, 0.6) is 0 Å². The molecule has 1 heterocycles. The van der Waals surface area contributed by atoms with Crippen molar-refractivity contribution in [3.8, 4) is 0 Å². The number of carbonyl (C=O) groups is 1. The number of thioether (sulfide) groups is 1. The van der Waals surface area contributed by atoms with Crippen LogP contribution >= 0.6 is 27.7 Å². The summed E-state index contributed by atoms with van der Waals surface area (Å²) in [6.07, 6.45) is 0.877. The van der Waals surface area contributed by atoms with E-state index in [1.807, 2.05) is 18.2 Å². The van der Waals surface area contributed by atoms with Gasteiger partial charge in [-0.2, -0.15) is 0 Å². The molecule has 0 spiro atoms. The lowest BCUT2D eigenvalue weighted by Crippen LogP contribution is -2.28. The fourth-order valence-electron chi connectivity index (χ4n) is 1.36. The van der Waals surface area contributed by atoms with Crippen molar-refractivity contribution in [2.75, 3.05) is 12.2 Å². The third-order valence-corrected chi connectivity index (χ3v) is 3.57. The first-order valence-electron chi connectivity index (χ1n) is 4.01. The predicted molar refractivity (Wildman–Crippen MR) is 59.3 cm³/mol. The van der Waals surface area contributed by atoms with Crippen molar-refractivity contribution in [3.63, 3.8) is 0 Å². The Kier molecular flexibility index (Phi) is 2.80.